The molecule has 0 spiro atoms. The monoisotopic (exact) mass is 262 g/mol. The molecule has 0 radical (unpaired) electrons. The van der Waals surface area contributed by atoms with Crippen LogP contribution in [-0.4, -0.2) is 18.0 Å². The second-order valence-electron chi connectivity index (χ2n) is 4.10. The first-order valence-electron chi connectivity index (χ1n) is 5.68. The van der Waals surface area contributed by atoms with E-state index in [9.17, 15) is 0 Å². The SMILES string of the molecule is CCCc1ccc(CN2CCCC2)s1.Cl.N. The number of hydrogen-bond donors (Lipinski definition) is 1. The average molecular weight is 263 g/mol. The summed E-state index contributed by atoms with van der Waals surface area (Å²) in [5.74, 6) is 0. The zero-order valence-corrected chi connectivity index (χ0v) is 11.7. The Hall–Kier alpha value is -0.0900. The fraction of sp³-hybridized carbons (Fsp3) is 0.667. The second-order valence-corrected chi connectivity index (χ2v) is 5.35. The molecule has 16 heavy (non-hydrogen) atoms. The lowest BCUT2D eigenvalue weighted by Gasteiger charge is -2.12. The number of rotatable bonds is 4. The van der Waals surface area contributed by atoms with E-state index in [1.54, 1.807) is 9.75 Å². The molecule has 2 nitrogen and oxygen atoms in total. The fourth-order valence-electron chi connectivity index (χ4n) is 2.05. The summed E-state index contributed by atoms with van der Waals surface area (Å²) in [5.41, 5.74) is 0. The van der Waals surface area contributed by atoms with Crippen LogP contribution in [0.15, 0.2) is 12.1 Å². The zero-order valence-electron chi connectivity index (χ0n) is 10.1. The van der Waals surface area contributed by atoms with E-state index in [0.29, 0.717) is 0 Å². The van der Waals surface area contributed by atoms with Crippen molar-refractivity contribution in [3.8, 4) is 0 Å². The molecule has 94 valence electrons. The van der Waals surface area contributed by atoms with E-state index in [1.807, 2.05) is 11.3 Å². The summed E-state index contributed by atoms with van der Waals surface area (Å²) in [5, 5.41) is 0. The predicted octanol–water partition coefficient (Wildman–Crippen LogP) is 3.88. The lowest BCUT2D eigenvalue weighted by atomic mass is 10.3. The molecule has 4 heteroatoms. The first kappa shape index (κ1) is 15.9. The summed E-state index contributed by atoms with van der Waals surface area (Å²) in [6, 6.07) is 4.62. The van der Waals surface area contributed by atoms with Gasteiger partial charge in [-0.3, -0.25) is 4.90 Å². The van der Waals surface area contributed by atoms with Gasteiger partial charge in [0.1, 0.15) is 0 Å². The quantitative estimate of drug-likeness (QED) is 0.894. The van der Waals surface area contributed by atoms with Crippen LogP contribution >= 0.6 is 23.7 Å². The van der Waals surface area contributed by atoms with Crippen LogP contribution in [0.3, 0.4) is 0 Å². The molecular formula is C12H23ClN2S. The predicted molar refractivity (Wildman–Crippen MR) is 75.1 cm³/mol. The Morgan fingerprint density at radius 3 is 2.44 bits per heavy atom. The molecule has 2 heterocycles. The molecule has 0 amide bonds. The van der Waals surface area contributed by atoms with E-state index in [-0.39, 0.29) is 18.6 Å². The largest absolute Gasteiger partial charge is 0.344 e. The van der Waals surface area contributed by atoms with E-state index < -0.39 is 0 Å². The van der Waals surface area contributed by atoms with Crippen molar-refractivity contribution in [2.75, 3.05) is 13.1 Å². The maximum Gasteiger partial charge on any atom is 0.0328 e. The summed E-state index contributed by atoms with van der Waals surface area (Å²) in [7, 11) is 0. The van der Waals surface area contributed by atoms with Crippen LogP contribution in [0.25, 0.3) is 0 Å². The molecule has 1 fully saturated rings. The Morgan fingerprint density at radius 1 is 1.19 bits per heavy atom. The van der Waals surface area contributed by atoms with Gasteiger partial charge >= 0.3 is 0 Å². The van der Waals surface area contributed by atoms with Crippen LogP contribution in [0.4, 0.5) is 0 Å². The highest BCUT2D eigenvalue weighted by Gasteiger charge is 2.12. The number of thiophene rings is 1. The summed E-state index contributed by atoms with van der Waals surface area (Å²) in [6.45, 7) is 6.05. The minimum absolute atomic E-state index is 0. The number of likely N-dealkylation sites (tertiary alicyclic amines) is 1. The van der Waals surface area contributed by atoms with Crippen LogP contribution in [0.5, 0.6) is 0 Å². The van der Waals surface area contributed by atoms with Gasteiger partial charge < -0.3 is 6.15 Å². The highest BCUT2D eigenvalue weighted by Crippen LogP contribution is 2.21. The molecule has 1 saturated heterocycles. The van der Waals surface area contributed by atoms with Gasteiger partial charge in [-0.05, 0) is 44.5 Å². The topological polar surface area (TPSA) is 38.2 Å². The smallest absolute Gasteiger partial charge is 0.0328 e. The Bertz CT molecular complexity index is 282. The van der Waals surface area contributed by atoms with Gasteiger partial charge in [0.2, 0.25) is 0 Å². The van der Waals surface area contributed by atoms with E-state index in [2.05, 4.69) is 24.0 Å². The van der Waals surface area contributed by atoms with Crippen molar-refractivity contribution < 1.29 is 0 Å². The minimum Gasteiger partial charge on any atom is -0.344 e. The first-order chi connectivity index (χ1) is 6.88. The fourth-order valence-corrected chi connectivity index (χ4v) is 3.21. The molecule has 1 aromatic rings. The van der Waals surface area contributed by atoms with Gasteiger partial charge in [0.05, 0.1) is 0 Å². The van der Waals surface area contributed by atoms with Gasteiger partial charge in [0.15, 0.2) is 0 Å². The minimum atomic E-state index is 0. The molecule has 1 aliphatic rings. The van der Waals surface area contributed by atoms with E-state index in [1.165, 1.54) is 45.3 Å². The summed E-state index contributed by atoms with van der Waals surface area (Å²) < 4.78 is 0. The maximum atomic E-state index is 2.57. The van der Waals surface area contributed by atoms with Crippen LogP contribution in [0, 0.1) is 0 Å². The van der Waals surface area contributed by atoms with Gasteiger partial charge in [-0.1, -0.05) is 13.3 Å². The van der Waals surface area contributed by atoms with Crippen molar-refractivity contribution in [3.05, 3.63) is 21.9 Å². The number of halogens is 1. The highest BCUT2D eigenvalue weighted by molar-refractivity contribution is 7.11. The van der Waals surface area contributed by atoms with Crippen LogP contribution in [-0.2, 0) is 13.0 Å². The molecule has 0 atom stereocenters. The van der Waals surface area contributed by atoms with Gasteiger partial charge in [-0.15, -0.1) is 23.7 Å². The van der Waals surface area contributed by atoms with E-state index in [0.717, 1.165) is 0 Å². The van der Waals surface area contributed by atoms with Gasteiger partial charge in [-0.25, -0.2) is 0 Å². The molecule has 0 bridgehead atoms. The summed E-state index contributed by atoms with van der Waals surface area (Å²) in [4.78, 5) is 5.68. The summed E-state index contributed by atoms with van der Waals surface area (Å²) >= 11 is 2.00. The molecule has 3 N–H and O–H groups in total. The Morgan fingerprint density at radius 2 is 1.81 bits per heavy atom. The Labute approximate surface area is 109 Å². The second kappa shape index (κ2) is 8.07. The Kier molecular flexibility index (Phi) is 8.02. The Balaban J connectivity index is 0.00000112. The van der Waals surface area contributed by atoms with Crippen molar-refractivity contribution >= 4 is 23.7 Å². The third-order valence-electron chi connectivity index (χ3n) is 2.79. The van der Waals surface area contributed by atoms with Crippen LogP contribution < -0.4 is 6.15 Å². The molecule has 0 unspecified atom stereocenters. The number of aryl methyl sites for hydroxylation is 1. The lowest BCUT2D eigenvalue weighted by molar-refractivity contribution is 0.334. The lowest BCUT2D eigenvalue weighted by Crippen LogP contribution is -2.17. The van der Waals surface area contributed by atoms with Gasteiger partial charge in [0.25, 0.3) is 0 Å². The van der Waals surface area contributed by atoms with Gasteiger partial charge in [0, 0.05) is 16.3 Å². The van der Waals surface area contributed by atoms with E-state index >= 15 is 0 Å². The third-order valence-corrected chi connectivity index (χ3v) is 3.92. The molecular weight excluding hydrogens is 240 g/mol. The normalized spacial score (nSPS) is 15.6. The number of hydrogen-bond acceptors (Lipinski definition) is 3. The van der Waals surface area contributed by atoms with Gasteiger partial charge in [-0.2, -0.15) is 0 Å². The first-order valence-corrected chi connectivity index (χ1v) is 6.50. The number of nitrogens with zero attached hydrogens (tertiary/aromatic N) is 1. The van der Waals surface area contributed by atoms with Crippen LogP contribution in [0.2, 0.25) is 0 Å². The van der Waals surface area contributed by atoms with Crippen LogP contribution in [0.1, 0.15) is 35.9 Å². The van der Waals surface area contributed by atoms with Crippen molar-refractivity contribution in [2.24, 2.45) is 0 Å². The van der Waals surface area contributed by atoms with Crippen molar-refractivity contribution in [1.82, 2.24) is 11.1 Å². The average Bonchev–Trinajstić information content (AvgIpc) is 2.79. The zero-order chi connectivity index (χ0) is 9.80. The maximum absolute atomic E-state index is 2.57. The van der Waals surface area contributed by atoms with Crippen molar-refractivity contribution in [1.29, 1.82) is 0 Å². The standard InChI is InChI=1S/C12H19NS.ClH.H3N/c1-2-5-11-6-7-12(14-11)10-13-8-3-4-9-13;;/h6-7H,2-5,8-10H2,1H3;1H;1H3. The molecule has 1 aliphatic heterocycles. The van der Waals surface area contributed by atoms with Crippen molar-refractivity contribution in [2.45, 2.75) is 39.2 Å². The molecule has 0 saturated carbocycles. The summed E-state index contributed by atoms with van der Waals surface area (Å²) in [6.07, 6.45) is 5.31. The third kappa shape index (κ3) is 4.42. The highest BCUT2D eigenvalue weighted by atomic mass is 35.5. The van der Waals surface area contributed by atoms with E-state index in [4.69, 9.17) is 0 Å². The molecule has 0 aromatic carbocycles. The molecule has 1 aromatic heterocycles. The molecule has 0 aliphatic carbocycles. The molecule has 2 rings (SSSR count). The van der Waals surface area contributed by atoms with Crippen molar-refractivity contribution in [3.63, 3.8) is 0 Å².